The van der Waals surface area contributed by atoms with Crippen molar-refractivity contribution < 1.29 is 0 Å². The smallest absolute Gasteiger partial charge is 0.0236 e. The molecule has 1 aliphatic carbocycles. The van der Waals surface area contributed by atoms with Gasteiger partial charge in [0.1, 0.15) is 0 Å². The molecule has 0 saturated heterocycles. The predicted molar refractivity (Wildman–Crippen MR) is 91.8 cm³/mol. The first-order chi connectivity index (χ1) is 9.47. The summed E-state index contributed by atoms with van der Waals surface area (Å²) < 4.78 is 0. The fourth-order valence-corrected chi connectivity index (χ4v) is 3.74. The summed E-state index contributed by atoms with van der Waals surface area (Å²) in [4.78, 5) is 0. The molecule has 1 aliphatic rings. The Morgan fingerprint density at radius 3 is 2.20 bits per heavy atom. The molecule has 0 N–H and O–H groups in total. The maximum Gasteiger partial charge on any atom is -0.0236 e. The highest BCUT2D eigenvalue weighted by Crippen LogP contribution is 2.43. The molecule has 1 fully saturated rings. The van der Waals surface area contributed by atoms with Crippen LogP contribution in [0.4, 0.5) is 0 Å². The zero-order valence-electron chi connectivity index (χ0n) is 14.7. The normalized spacial score (nSPS) is 26.9. The Balaban J connectivity index is 2.35. The van der Waals surface area contributed by atoms with Crippen LogP contribution in [0.3, 0.4) is 0 Å². The summed E-state index contributed by atoms with van der Waals surface area (Å²) in [7, 11) is 0. The van der Waals surface area contributed by atoms with Gasteiger partial charge in [-0.1, -0.05) is 60.0 Å². The van der Waals surface area contributed by atoms with Gasteiger partial charge in [0, 0.05) is 0 Å². The molecule has 0 aromatic heterocycles. The van der Waals surface area contributed by atoms with Crippen LogP contribution in [-0.2, 0) is 0 Å². The Hall–Kier alpha value is -0.260. The first kappa shape index (κ1) is 17.8. The summed E-state index contributed by atoms with van der Waals surface area (Å²) in [6.07, 6.45) is 12.3. The molecule has 118 valence electrons. The lowest BCUT2D eigenvalue weighted by Crippen LogP contribution is -2.27. The molecule has 3 unspecified atom stereocenters. The molecule has 0 amide bonds. The third-order valence-corrected chi connectivity index (χ3v) is 5.91. The Morgan fingerprint density at radius 1 is 1.05 bits per heavy atom. The average molecular weight is 279 g/mol. The molecule has 1 rings (SSSR count). The fourth-order valence-electron chi connectivity index (χ4n) is 3.74. The quantitative estimate of drug-likeness (QED) is 0.389. The maximum absolute atomic E-state index is 4.04. The number of hydrogen-bond donors (Lipinski definition) is 0. The van der Waals surface area contributed by atoms with Crippen molar-refractivity contribution in [3.05, 3.63) is 12.7 Å². The van der Waals surface area contributed by atoms with E-state index in [1.54, 1.807) is 0 Å². The lowest BCUT2D eigenvalue weighted by atomic mass is 9.67. The van der Waals surface area contributed by atoms with Crippen LogP contribution in [0.2, 0.25) is 0 Å². The lowest BCUT2D eigenvalue weighted by Gasteiger charge is -2.39. The van der Waals surface area contributed by atoms with E-state index in [4.69, 9.17) is 0 Å². The fraction of sp³-hybridized carbons (Fsp3) is 0.900. The van der Waals surface area contributed by atoms with Crippen molar-refractivity contribution in [1.82, 2.24) is 0 Å². The van der Waals surface area contributed by atoms with E-state index in [9.17, 15) is 0 Å². The summed E-state index contributed by atoms with van der Waals surface area (Å²) in [6, 6.07) is 0. The van der Waals surface area contributed by atoms with Gasteiger partial charge in [0.05, 0.1) is 0 Å². The van der Waals surface area contributed by atoms with Gasteiger partial charge in [0.2, 0.25) is 0 Å². The second kappa shape index (κ2) is 8.90. The minimum Gasteiger partial charge on any atom is -0.103 e. The van der Waals surface area contributed by atoms with Crippen molar-refractivity contribution in [1.29, 1.82) is 0 Å². The Kier molecular flexibility index (Phi) is 7.92. The van der Waals surface area contributed by atoms with E-state index in [1.807, 2.05) is 0 Å². The van der Waals surface area contributed by atoms with Crippen LogP contribution in [0, 0.1) is 35.5 Å². The van der Waals surface area contributed by atoms with E-state index in [2.05, 4.69) is 47.3 Å². The summed E-state index contributed by atoms with van der Waals surface area (Å²) in [5, 5.41) is 0. The molecule has 0 aromatic rings. The van der Waals surface area contributed by atoms with Crippen LogP contribution in [-0.4, -0.2) is 0 Å². The van der Waals surface area contributed by atoms with Crippen LogP contribution >= 0.6 is 0 Å². The van der Waals surface area contributed by atoms with Crippen LogP contribution in [0.15, 0.2) is 12.7 Å². The van der Waals surface area contributed by atoms with Gasteiger partial charge in [-0.3, -0.25) is 0 Å². The number of hydrogen-bond acceptors (Lipinski definition) is 0. The summed E-state index contributed by atoms with van der Waals surface area (Å²) in [6.45, 7) is 15.9. The van der Waals surface area contributed by atoms with E-state index in [1.165, 1.54) is 44.9 Å². The van der Waals surface area contributed by atoms with Gasteiger partial charge in [0.25, 0.3) is 0 Å². The van der Waals surface area contributed by atoms with Gasteiger partial charge in [-0.2, -0.15) is 0 Å². The molecule has 3 atom stereocenters. The highest BCUT2D eigenvalue weighted by atomic mass is 14.4. The third-order valence-electron chi connectivity index (χ3n) is 5.91. The zero-order chi connectivity index (χ0) is 15.1. The van der Waals surface area contributed by atoms with E-state index < -0.39 is 0 Å². The van der Waals surface area contributed by atoms with Crippen molar-refractivity contribution >= 4 is 0 Å². The van der Waals surface area contributed by atoms with E-state index in [0.29, 0.717) is 5.92 Å². The van der Waals surface area contributed by atoms with E-state index in [-0.39, 0.29) is 0 Å². The molecule has 0 spiro atoms. The Labute approximate surface area is 128 Å². The topological polar surface area (TPSA) is 0 Å². The summed E-state index contributed by atoms with van der Waals surface area (Å²) in [5.74, 6) is 5.34. The van der Waals surface area contributed by atoms with Crippen LogP contribution in [0.25, 0.3) is 0 Å². The molecule has 1 saturated carbocycles. The molecule has 20 heavy (non-hydrogen) atoms. The van der Waals surface area contributed by atoms with Crippen molar-refractivity contribution in [2.75, 3.05) is 0 Å². The SMILES string of the molecule is C=CC(C)C(CCC(C)C(C)C)CC1CC(CCC)C1. The van der Waals surface area contributed by atoms with Gasteiger partial charge in [-0.05, 0) is 61.2 Å². The molecule has 0 aliphatic heterocycles. The summed E-state index contributed by atoms with van der Waals surface area (Å²) >= 11 is 0. The Morgan fingerprint density at radius 2 is 1.70 bits per heavy atom. The monoisotopic (exact) mass is 278 g/mol. The molecule has 0 heterocycles. The van der Waals surface area contributed by atoms with Crippen molar-refractivity contribution in [2.45, 2.75) is 79.6 Å². The highest BCUT2D eigenvalue weighted by Gasteiger charge is 2.31. The molecule has 0 nitrogen and oxygen atoms in total. The number of rotatable bonds is 10. The first-order valence-electron chi connectivity index (χ1n) is 9.10. The summed E-state index contributed by atoms with van der Waals surface area (Å²) in [5.41, 5.74) is 0. The van der Waals surface area contributed by atoms with Crippen molar-refractivity contribution in [3.63, 3.8) is 0 Å². The first-order valence-corrected chi connectivity index (χ1v) is 9.10. The lowest BCUT2D eigenvalue weighted by molar-refractivity contribution is 0.132. The van der Waals surface area contributed by atoms with Crippen molar-refractivity contribution in [2.24, 2.45) is 35.5 Å². The Bertz CT molecular complexity index is 259. The van der Waals surface area contributed by atoms with Crippen LogP contribution in [0.1, 0.15) is 79.6 Å². The second-order valence-corrected chi connectivity index (χ2v) is 7.88. The van der Waals surface area contributed by atoms with Gasteiger partial charge in [0.15, 0.2) is 0 Å². The molecular formula is C20H38. The molecular weight excluding hydrogens is 240 g/mol. The van der Waals surface area contributed by atoms with Gasteiger partial charge in [-0.25, -0.2) is 0 Å². The predicted octanol–water partition coefficient (Wildman–Crippen LogP) is 6.71. The molecule has 0 heteroatoms. The highest BCUT2D eigenvalue weighted by molar-refractivity contribution is 4.87. The van der Waals surface area contributed by atoms with E-state index in [0.717, 1.165) is 29.6 Å². The molecule has 0 radical (unpaired) electrons. The van der Waals surface area contributed by atoms with Crippen LogP contribution in [0.5, 0.6) is 0 Å². The zero-order valence-corrected chi connectivity index (χ0v) is 14.7. The standard InChI is InChI=1S/C20H38/c1-7-9-18-12-19(13-18)14-20(16(5)8-2)11-10-17(6)15(3)4/h8,15-20H,2,7,9-14H2,1,3-6H3. The third kappa shape index (κ3) is 5.62. The largest absolute Gasteiger partial charge is 0.103 e. The maximum atomic E-state index is 4.04. The van der Waals surface area contributed by atoms with Gasteiger partial charge < -0.3 is 0 Å². The minimum atomic E-state index is 0.694. The van der Waals surface area contributed by atoms with Gasteiger partial charge in [-0.15, -0.1) is 6.58 Å². The van der Waals surface area contributed by atoms with E-state index >= 15 is 0 Å². The van der Waals surface area contributed by atoms with Crippen molar-refractivity contribution in [3.8, 4) is 0 Å². The van der Waals surface area contributed by atoms with Crippen LogP contribution < -0.4 is 0 Å². The average Bonchev–Trinajstić information content (AvgIpc) is 2.38. The number of allylic oxidation sites excluding steroid dienone is 1. The molecule has 0 aromatic carbocycles. The van der Waals surface area contributed by atoms with Gasteiger partial charge >= 0.3 is 0 Å². The second-order valence-electron chi connectivity index (χ2n) is 7.88. The minimum absolute atomic E-state index is 0.694. The molecule has 0 bridgehead atoms.